The van der Waals surface area contributed by atoms with Gasteiger partial charge in [-0.2, -0.15) is 0 Å². The van der Waals surface area contributed by atoms with E-state index < -0.39 is 12.7 Å². The highest BCUT2D eigenvalue weighted by atomic mass is 16.4. The number of aromatic nitrogens is 2. The number of aliphatic hydroxyl groups excluding tert-OH is 2. The van der Waals surface area contributed by atoms with Crippen LogP contribution in [-0.2, 0) is 0 Å². The number of carbonyl (C=O) groups excluding carboxylic acids is 1. The van der Waals surface area contributed by atoms with Crippen molar-refractivity contribution in [2.24, 2.45) is 0 Å². The SMILES string of the molecule is O=C(NCC(O)CO)c1ccc(-c2nnco2)cc1. The fourth-order valence-electron chi connectivity index (χ4n) is 1.44. The van der Waals surface area contributed by atoms with Crippen LogP contribution in [0.1, 0.15) is 10.4 Å². The lowest BCUT2D eigenvalue weighted by Crippen LogP contribution is -2.33. The predicted molar refractivity (Wildman–Crippen MR) is 65.2 cm³/mol. The summed E-state index contributed by atoms with van der Waals surface area (Å²) in [6, 6.07) is 6.59. The molecule has 0 aliphatic rings. The van der Waals surface area contributed by atoms with Crippen molar-refractivity contribution in [3.05, 3.63) is 36.2 Å². The van der Waals surface area contributed by atoms with E-state index in [0.717, 1.165) is 0 Å². The Morgan fingerprint density at radius 3 is 2.68 bits per heavy atom. The number of hydrogen-bond donors (Lipinski definition) is 3. The second-order valence-corrected chi connectivity index (χ2v) is 3.87. The number of rotatable bonds is 5. The molecule has 1 heterocycles. The molecule has 7 nitrogen and oxygen atoms in total. The van der Waals surface area contributed by atoms with Crippen LogP contribution >= 0.6 is 0 Å². The van der Waals surface area contributed by atoms with E-state index in [4.69, 9.17) is 14.6 Å². The van der Waals surface area contributed by atoms with Crippen molar-refractivity contribution >= 4 is 5.91 Å². The van der Waals surface area contributed by atoms with Crippen LogP contribution < -0.4 is 5.32 Å². The van der Waals surface area contributed by atoms with Gasteiger partial charge < -0.3 is 19.9 Å². The normalized spacial score (nSPS) is 12.1. The lowest BCUT2D eigenvalue weighted by atomic mass is 10.1. The molecule has 1 aromatic heterocycles. The lowest BCUT2D eigenvalue weighted by Gasteiger charge is -2.09. The molecule has 0 radical (unpaired) electrons. The molecule has 2 aromatic rings. The Labute approximate surface area is 108 Å². The summed E-state index contributed by atoms with van der Waals surface area (Å²) in [4.78, 5) is 11.7. The van der Waals surface area contributed by atoms with E-state index in [1.165, 1.54) is 6.39 Å². The second kappa shape index (κ2) is 6.07. The molecule has 1 amide bonds. The third-order valence-corrected chi connectivity index (χ3v) is 2.46. The topological polar surface area (TPSA) is 108 Å². The third-order valence-electron chi connectivity index (χ3n) is 2.46. The average molecular weight is 263 g/mol. The van der Waals surface area contributed by atoms with Gasteiger partial charge in [0, 0.05) is 17.7 Å². The van der Waals surface area contributed by atoms with Crippen molar-refractivity contribution in [2.75, 3.05) is 13.2 Å². The highest BCUT2D eigenvalue weighted by Crippen LogP contribution is 2.16. The molecule has 1 aromatic carbocycles. The molecule has 0 saturated heterocycles. The highest BCUT2D eigenvalue weighted by Gasteiger charge is 2.09. The van der Waals surface area contributed by atoms with Crippen LogP contribution in [0.4, 0.5) is 0 Å². The minimum Gasteiger partial charge on any atom is -0.423 e. The first kappa shape index (κ1) is 13.2. The van der Waals surface area contributed by atoms with E-state index in [9.17, 15) is 4.79 Å². The van der Waals surface area contributed by atoms with Gasteiger partial charge in [0.25, 0.3) is 5.91 Å². The minimum atomic E-state index is -0.957. The van der Waals surface area contributed by atoms with Gasteiger partial charge >= 0.3 is 0 Å². The van der Waals surface area contributed by atoms with Gasteiger partial charge in [0.1, 0.15) is 0 Å². The van der Waals surface area contributed by atoms with Crippen LogP contribution in [0.25, 0.3) is 11.5 Å². The molecule has 0 aliphatic carbocycles. The maximum Gasteiger partial charge on any atom is 0.251 e. The van der Waals surface area contributed by atoms with Crippen molar-refractivity contribution in [3.8, 4) is 11.5 Å². The molecule has 1 atom stereocenters. The van der Waals surface area contributed by atoms with Gasteiger partial charge in [0.2, 0.25) is 12.3 Å². The van der Waals surface area contributed by atoms with Crippen molar-refractivity contribution < 1.29 is 19.4 Å². The van der Waals surface area contributed by atoms with Crippen LogP contribution in [-0.4, -0.2) is 45.6 Å². The summed E-state index contributed by atoms with van der Waals surface area (Å²) in [5.74, 6) is 0.0484. The van der Waals surface area contributed by atoms with Gasteiger partial charge in [-0.05, 0) is 24.3 Å². The van der Waals surface area contributed by atoms with Gasteiger partial charge in [0.05, 0.1) is 12.7 Å². The molecule has 0 aliphatic heterocycles. The van der Waals surface area contributed by atoms with Crippen LogP contribution in [0.15, 0.2) is 35.1 Å². The minimum absolute atomic E-state index is 0.000738. The van der Waals surface area contributed by atoms with E-state index in [-0.39, 0.29) is 12.5 Å². The summed E-state index contributed by atoms with van der Waals surface area (Å²) < 4.78 is 5.03. The second-order valence-electron chi connectivity index (χ2n) is 3.87. The summed E-state index contributed by atoms with van der Waals surface area (Å²) in [6.07, 6.45) is 0.272. The van der Waals surface area contributed by atoms with Gasteiger partial charge in [-0.25, -0.2) is 0 Å². The molecule has 1 unspecified atom stereocenters. The number of hydrogen-bond acceptors (Lipinski definition) is 6. The summed E-state index contributed by atoms with van der Waals surface area (Å²) in [6.45, 7) is -0.392. The molecule has 0 saturated carbocycles. The van der Waals surface area contributed by atoms with Gasteiger partial charge in [-0.1, -0.05) is 0 Å². The quantitative estimate of drug-likeness (QED) is 0.690. The fraction of sp³-hybridized carbons (Fsp3) is 0.250. The van der Waals surface area contributed by atoms with E-state index >= 15 is 0 Å². The van der Waals surface area contributed by atoms with E-state index in [2.05, 4.69) is 15.5 Å². The Bertz CT molecular complexity index is 524. The Kier molecular flexibility index (Phi) is 4.22. The summed E-state index contributed by atoms with van der Waals surface area (Å²) in [5.41, 5.74) is 1.15. The first-order valence-corrected chi connectivity index (χ1v) is 5.64. The summed E-state index contributed by atoms with van der Waals surface area (Å²) in [7, 11) is 0. The Morgan fingerprint density at radius 1 is 1.37 bits per heavy atom. The molecule has 7 heteroatoms. The van der Waals surface area contributed by atoms with E-state index in [0.29, 0.717) is 17.0 Å². The molecule has 0 bridgehead atoms. The predicted octanol–water partition coefficient (Wildman–Crippen LogP) is -0.180. The smallest absolute Gasteiger partial charge is 0.251 e. The number of nitrogens with zero attached hydrogens (tertiary/aromatic N) is 2. The zero-order chi connectivity index (χ0) is 13.7. The molecular formula is C12H13N3O4. The first-order chi connectivity index (χ1) is 9.20. The monoisotopic (exact) mass is 263 g/mol. The standard InChI is InChI=1S/C12H13N3O4/c16-6-10(17)5-13-11(18)8-1-3-9(4-2-8)12-15-14-7-19-12/h1-4,7,10,16-17H,5-6H2,(H,13,18). The molecule has 0 fully saturated rings. The molecule has 2 rings (SSSR count). The van der Waals surface area contributed by atoms with Crippen molar-refractivity contribution in [2.45, 2.75) is 6.10 Å². The number of amides is 1. The Balaban J connectivity index is 2.00. The van der Waals surface area contributed by atoms with Crippen LogP contribution in [0.2, 0.25) is 0 Å². The largest absolute Gasteiger partial charge is 0.423 e. The lowest BCUT2D eigenvalue weighted by molar-refractivity contribution is 0.0802. The number of nitrogens with one attached hydrogen (secondary N) is 1. The van der Waals surface area contributed by atoms with E-state index in [1.807, 2.05) is 0 Å². The van der Waals surface area contributed by atoms with Crippen molar-refractivity contribution in [1.29, 1.82) is 0 Å². The van der Waals surface area contributed by atoms with Gasteiger partial charge in [0.15, 0.2) is 0 Å². The zero-order valence-corrected chi connectivity index (χ0v) is 9.98. The number of benzene rings is 1. The van der Waals surface area contributed by atoms with Crippen LogP contribution in [0, 0.1) is 0 Å². The summed E-state index contributed by atoms with van der Waals surface area (Å²) >= 11 is 0. The van der Waals surface area contributed by atoms with Crippen molar-refractivity contribution in [1.82, 2.24) is 15.5 Å². The molecule has 19 heavy (non-hydrogen) atoms. The maximum absolute atomic E-state index is 11.7. The maximum atomic E-state index is 11.7. The van der Waals surface area contributed by atoms with Crippen molar-refractivity contribution in [3.63, 3.8) is 0 Å². The molecule has 0 spiro atoms. The van der Waals surface area contributed by atoms with Crippen LogP contribution in [0.5, 0.6) is 0 Å². The first-order valence-electron chi connectivity index (χ1n) is 5.64. The average Bonchev–Trinajstić information content (AvgIpc) is 2.98. The fourth-order valence-corrected chi connectivity index (χ4v) is 1.44. The number of aliphatic hydroxyl groups is 2. The third kappa shape index (κ3) is 3.36. The summed E-state index contributed by atoms with van der Waals surface area (Å²) in [5, 5.41) is 27.6. The molecule has 3 N–H and O–H groups in total. The zero-order valence-electron chi connectivity index (χ0n) is 9.98. The molecular weight excluding hydrogens is 250 g/mol. The van der Waals surface area contributed by atoms with Gasteiger partial charge in [-0.15, -0.1) is 10.2 Å². The van der Waals surface area contributed by atoms with Crippen LogP contribution in [0.3, 0.4) is 0 Å². The van der Waals surface area contributed by atoms with E-state index in [1.54, 1.807) is 24.3 Å². The highest BCUT2D eigenvalue weighted by molar-refractivity contribution is 5.94. The Hall–Kier alpha value is -2.25. The van der Waals surface area contributed by atoms with Gasteiger partial charge in [-0.3, -0.25) is 4.79 Å². The Morgan fingerprint density at radius 2 is 2.11 bits per heavy atom. The number of carbonyl (C=O) groups is 1. The molecule has 100 valence electrons.